The number of benzene rings is 4. The van der Waals surface area contributed by atoms with E-state index in [-0.39, 0.29) is 35.2 Å². The number of pyridine rings is 1. The van der Waals surface area contributed by atoms with Crippen LogP contribution in [0.25, 0.3) is 6.08 Å². The molecule has 1 saturated heterocycles. The van der Waals surface area contributed by atoms with Crippen LogP contribution in [0.15, 0.2) is 160 Å². The molecular formula is C47H40N6O9S2. The Bertz CT molecular complexity index is 2730. The highest BCUT2D eigenvalue weighted by Crippen LogP contribution is 2.43. The Hall–Kier alpha value is -7.63. The van der Waals surface area contributed by atoms with E-state index in [1.165, 1.54) is 54.4 Å². The summed E-state index contributed by atoms with van der Waals surface area (Å²) in [6.45, 7) is -0.123. The minimum atomic E-state index is -1.08. The van der Waals surface area contributed by atoms with Gasteiger partial charge in [0, 0.05) is 17.2 Å². The van der Waals surface area contributed by atoms with Crippen LogP contribution in [-0.2, 0) is 36.1 Å². The van der Waals surface area contributed by atoms with E-state index in [4.69, 9.17) is 19.3 Å². The summed E-state index contributed by atoms with van der Waals surface area (Å²) in [5, 5.41) is 32.0. The molecule has 0 saturated carbocycles. The lowest BCUT2D eigenvalue weighted by molar-refractivity contribution is -0.153. The lowest BCUT2D eigenvalue weighted by Gasteiger charge is -2.49. The number of anilines is 1. The average Bonchev–Trinajstić information content (AvgIpc) is 3.80. The molecule has 0 aliphatic carbocycles. The normalized spacial score (nSPS) is 16.2. The van der Waals surface area contributed by atoms with Crippen LogP contribution in [0.2, 0.25) is 0 Å². The number of methoxy groups -OCH3 is 1. The highest BCUT2D eigenvalue weighted by atomic mass is 32.2. The quantitative estimate of drug-likeness (QED) is 0.0231. The number of nitrogens with zero attached hydrogens (tertiary/aromatic N) is 4. The van der Waals surface area contributed by atoms with Crippen LogP contribution in [0.3, 0.4) is 0 Å². The van der Waals surface area contributed by atoms with Crippen molar-refractivity contribution in [1.82, 2.24) is 19.9 Å². The van der Waals surface area contributed by atoms with Gasteiger partial charge in [-0.1, -0.05) is 114 Å². The molecule has 4 aromatic carbocycles. The largest absolute Gasteiger partial charge is 0.503 e. The maximum atomic E-state index is 14.1. The fourth-order valence-electron chi connectivity index (χ4n) is 7.42. The Morgan fingerprint density at radius 1 is 0.906 bits per heavy atom. The molecule has 324 valence electrons. The van der Waals surface area contributed by atoms with Gasteiger partial charge in [-0.2, -0.15) is 4.73 Å². The SMILES string of the molecule is CON=C(C(=O)N[C@@H]1C(=O)N2C(C(=O)OCc3ccc(OC)cc3)=C(C=Cc3cc(=O)c(O)cn3O)CS[C@H]12)c1csc(NC(c2ccccc2)(c2ccccc2)c2ccccc2)n1. The number of aromatic nitrogens is 2. The fourth-order valence-corrected chi connectivity index (χ4v) is 9.49. The van der Waals surface area contributed by atoms with Crippen molar-refractivity contribution in [2.24, 2.45) is 5.16 Å². The van der Waals surface area contributed by atoms with Gasteiger partial charge in [-0.05, 0) is 46.0 Å². The van der Waals surface area contributed by atoms with E-state index in [0.717, 1.165) is 29.0 Å². The van der Waals surface area contributed by atoms with Crippen LogP contribution in [0.4, 0.5) is 5.13 Å². The summed E-state index contributed by atoms with van der Waals surface area (Å²) < 4.78 is 11.5. The molecule has 8 rings (SSSR count). The number of hydrogen-bond donors (Lipinski definition) is 4. The van der Waals surface area contributed by atoms with Crippen LogP contribution < -0.4 is 20.8 Å². The second-order valence-electron chi connectivity index (χ2n) is 14.4. The van der Waals surface area contributed by atoms with Crippen molar-refractivity contribution in [3.63, 3.8) is 0 Å². The molecule has 17 heteroatoms. The Morgan fingerprint density at radius 2 is 1.53 bits per heavy atom. The minimum absolute atomic E-state index is 0.00435. The van der Waals surface area contributed by atoms with Crippen LogP contribution in [0, 0.1) is 0 Å². The first-order valence-corrected chi connectivity index (χ1v) is 21.7. The maximum Gasteiger partial charge on any atom is 0.355 e. The Morgan fingerprint density at radius 3 is 2.12 bits per heavy atom. The highest BCUT2D eigenvalue weighted by Gasteiger charge is 2.54. The van der Waals surface area contributed by atoms with Gasteiger partial charge in [0.05, 0.1) is 19.0 Å². The third-order valence-electron chi connectivity index (χ3n) is 10.6. The molecule has 15 nitrogen and oxygen atoms in total. The monoisotopic (exact) mass is 896 g/mol. The summed E-state index contributed by atoms with van der Waals surface area (Å²) in [5.41, 5.74) is 2.21. The number of amides is 2. The van der Waals surface area contributed by atoms with Gasteiger partial charge < -0.3 is 35.3 Å². The molecule has 0 spiro atoms. The van der Waals surface area contributed by atoms with Crippen molar-refractivity contribution in [3.05, 3.63) is 194 Å². The third kappa shape index (κ3) is 8.58. The lowest BCUT2D eigenvalue weighted by atomic mass is 9.77. The molecule has 2 aromatic heterocycles. The summed E-state index contributed by atoms with van der Waals surface area (Å²) >= 11 is 2.55. The number of carbonyl (C=O) groups excluding carboxylic acids is 3. The van der Waals surface area contributed by atoms with Crippen LogP contribution in [-0.4, -0.2) is 79.8 Å². The van der Waals surface area contributed by atoms with Crippen LogP contribution in [0.1, 0.15) is 33.6 Å². The van der Waals surface area contributed by atoms with Gasteiger partial charge in [0.15, 0.2) is 16.6 Å². The van der Waals surface area contributed by atoms with Gasteiger partial charge in [-0.15, -0.1) is 23.1 Å². The van der Waals surface area contributed by atoms with Gasteiger partial charge in [-0.25, -0.2) is 9.78 Å². The smallest absolute Gasteiger partial charge is 0.355 e. The van der Waals surface area contributed by atoms with E-state index >= 15 is 0 Å². The number of rotatable bonds is 15. The van der Waals surface area contributed by atoms with Gasteiger partial charge in [0.2, 0.25) is 5.43 Å². The number of ether oxygens (including phenoxy) is 2. The van der Waals surface area contributed by atoms with Crippen molar-refractivity contribution in [1.29, 1.82) is 0 Å². The van der Waals surface area contributed by atoms with Crippen molar-refractivity contribution in [3.8, 4) is 11.5 Å². The number of nitrogens with one attached hydrogen (secondary N) is 2. The number of carbonyl (C=O) groups is 3. The summed E-state index contributed by atoms with van der Waals surface area (Å²) in [5.74, 6) is -2.00. The zero-order chi connectivity index (χ0) is 44.8. The van der Waals surface area contributed by atoms with Crippen molar-refractivity contribution < 1.29 is 39.0 Å². The number of aromatic hydroxyl groups is 1. The lowest BCUT2D eigenvalue weighted by Crippen LogP contribution is -2.71. The molecule has 1 fully saturated rings. The molecule has 64 heavy (non-hydrogen) atoms. The van der Waals surface area contributed by atoms with E-state index in [1.807, 2.05) is 91.0 Å². The topological polar surface area (TPSA) is 194 Å². The first-order valence-electron chi connectivity index (χ1n) is 19.7. The zero-order valence-electron chi connectivity index (χ0n) is 34.3. The van der Waals surface area contributed by atoms with E-state index < -0.39 is 45.9 Å². The van der Waals surface area contributed by atoms with E-state index in [2.05, 4.69) is 15.8 Å². The number of esters is 1. The standard InChI is InChI=1S/C47H40N6O9S2/c1-60-35-22-18-29(19-23-35)26-62-45(58)41-30(20-21-34-24-37(54)38(55)25-52(34)59)27-63-44-40(43(57)53(41)44)49-42(56)39(51-61-2)36-28-64-46(48-36)50-47(31-12-6-3-7-13-31,32-14-8-4-9-15-32)33-16-10-5-11-17-33/h3-25,28,40,44,55,59H,26-27H2,1-2H3,(H,48,50)(H,49,56)/t40-,44-/m1/s1. The molecule has 2 aliphatic rings. The fraction of sp³-hybridized carbons (Fsp3) is 0.149. The molecule has 2 amide bonds. The predicted octanol–water partition coefficient (Wildman–Crippen LogP) is 6.12. The molecule has 6 aromatic rings. The Balaban J connectivity index is 1.05. The second-order valence-corrected chi connectivity index (χ2v) is 16.4. The van der Waals surface area contributed by atoms with Crippen molar-refractivity contribution in [2.45, 2.75) is 23.6 Å². The first-order chi connectivity index (χ1) is 31.1. The minimum Gasteiger partial charge on any atom is -0.503 e. The summed E-state index contributed by atoms with van der Waals surface area (Å²) in [6, 6.07) is 36.8. The molecule has 4 N–H and O–H groups in total. The Labute approximate surface area is 374 Å². The Kier molecular flexibility index (Phi) is 12.6. The summed E-state index contributed by atoms with van der Waals surface area (Å²) in [6.07, 6.45) is 3.69. The van der Waals surface area contributed by atoms with E-state index in [0.29, 0.717) is 26.7 Å². The number of thiazole rings is 1. The van der Waals surface area contributed by atoms with Crippen LogP contribution >= 0.6 is 23.1 Å². The summed E-state index contributed by atoms with van der Waals surface area (Å²) in [4.78, 5) is 65.3. The highest BCUT2D eigenvalue weighted by molar-refractivity contribution is 8.00. The maximum absolute atomic E-state index is 14.1. The molecule has 2 aliphatic heterocycles. The molecule has 2 atom stereocenters. The first kappa shape index (κ1) is 43.0. The summed E-state index contributed by atoms with van der Waals surface area (Å²) in [7, 11) is 2.84. The average molecular weight is 897 g/mol. The van der Waals surface area contributed by atoms with E-state index in [9.17, 15) is 29.5 Å². The van der Waals surface area contributed by atoms with E-state index in [1.54, 1.807) is 29.6 Å². The molecule has 0 radical (unpaired) electrons. The van der Waals surface area contributed by atoms with Crippen LogP contribution in [0.5, 0.6) is 11.5 Å². The number of β-lactam (4-membered cyclic amide) rings is 1. The van der Waals surface area contributed by atoms with Gasteiger partial charge in [0.25, 0.3) is 11.8 Å². The number of thioether (sulfide) groups is 1. The third-order valence-corrected chi connectivity index (χ3v) is 12.6. The van der Waals surface area contributed by atoms with Gasteiger partial charge >= 0.3 is 5.97 Å². The number of fused-ring (bicyclic) bond motifs is 1. The van der Waals surface area contributed by atoms with Crippen molar-refractivity contribution in [2.75, 3.05) is 25.3 Å². The van der Waals surface area contributed by atoms with Crippen molar-refractivity contribution >= 4 is 57.8 Å². The predicted molar refractivity (Wildman–Crippen MR) is 242 cm³/mol. The molecule has 0 unspecified atom stereocenters. The molecule has 0 bridgehead atoms. The number of oxime groups is 1. The number of hydrogen-bond acceptors (Lipinski definition) is 14. The molecule has 4 heterocycles. The number of allylic oxidation sites excluding steroid dienone is 1. The van der Waals surface area contributed by atoms with Gasteiger partial charge in [-0.3, -0.25) is 19.3 Å². The second kappa shape index (κ2) is 18.8. The molecular weight excluding hydrogens is 857 g/mol. The zero-order valence-corrected chi connectivity index (χ0v) is 35.9. The van der Waals surface area contributed by atoms with Gasteiger partial charge in [0.1, 0.15) is 47.8 Å².